The molecule has 0 bridgehead atoms. The Hall–Kier alpha value is -1.88. The van der Waals surface area contributed by atoms with Gasteiger partial charge < -0.3 is 14.6 Å². The van der Waals surface area contributed by atoms with E-state index < -0.39 is 0 Å². The van der Waals surface area contributed by atoms with Crippen molar-refractivity contribution < 1.29 is 4.74 Å². The van der Waals surface area contributed by atoms with Gasteiger partial charge in [0.15, 0.2) is 0 Å². The van der Waals surface area contributed by atoms with Gasteiger partial charge >= 0.3 is 0 Å². The Kier molecular flexibility index (Phi) is 5.12. The van der Waals surface area contributed by atoms with Crippen LogP contribution in [0.25, 0.3) is 0 Å². The van der Waals surface area contributed by atoms with Gasteiger partial charge in [0.25, 0.3) is 0 Å². The molecule has 0 unspecified atom stereocenters. The summed E-state index contributed by atoms with van der Waals surface area (Å²) in [5.41, 5.74) is 3.00. The molecular formula is C15H22N4O. The third-order valence-electron chi connectivity index (χ3n) is 3.08. The SMILES string of the molecule is CCOCCCn1ccnc1Nc1ccc(C)nc1C. The van der Waals surface area contributed by atoms with Crippen molar-refractivity contribution in [3.63, 3.8) is 0 Å². The van der Waals surface area contributed by atoms with E-state index in [-0.39, 0.29) is 0 Å². The van der Waals surface area contributed by atoms with Crippen LogP contribution in [0.4, 0.5) is 11.6 Å². The molecule has 5 heteroatoms. The zero-order valence-corrected chi connectivity index (χ0v) is 12.4. The van der Waals surface area contributed by atoms with Gasteiger partial charge in [0.05, 0.1) is 11.4 Å². The molecule has 0 saturated heterocycles. The summed E-state index contributed by atoms with van der Waals surface area (Å²) in [5.74, 6) is 0.843. The Morgan fingerprint density at radius 1 is 1.30 bits per heavy atom. The minimum absolute atomic E-state index is 0.767. The molecule has 2 aromatic heterocycles. The van der Waals surface area contributed by atoms with Crippen molar-refractivity contribution in [1.29, 1.82) is 0 Å². The van der Waals surface area contributed by atoms with Crippen LogP contribution in [-0.4, -0.2) is 27.7 Å². The van der Waals surface area contributed by atoms with E-state index in [9.17, 15) is 0 Å². The molecule has 0 aliphatic heterocycles. The van der Waals surface area contributed by atoms with Crippen molar-refractivity contribution in [1.82, 2.24) is 14.5 Å². The predicted molar refractivity (Wildman–Crippen MR) is 80.3 cm³/mol. The van der Waals surface area contributed by atoms with Crippen LogP contribution in [0.5, 0.6) is 0 Å². The molecule has 2 aromatic rings. The van der Waals surface area contributed by atoms with Crippen LogP contribution < -0.4 is 5.32 Å². The Morgan fingerprint density at radius 2 is 2.15 bits per heavy atom. The molecule has 1 N–H and O–H groups in total. The molecule has 5 nitrogen and oxygen atoms in total. The average molecular weight is 274 g/mol. The number of hydrogen-bond acceptors (Lipinski definition) is 4. The van der Waals surface area contributed by atoms with Gasteiger partial charge in [-0.15, -0.1) is 0 Å². The van der Waals surface area contributed by atoms with E-state index in [1.165, 1.54) is 0 Å². The number of aryl methyl sites for hydroxylation is 3. The molecule has 0 aliphatic rings. The number of ether oxygens (including phenoxy) is 1. The highest BCUT2D eigenvalue weighted by Gasteiger charge is 2.05. The highest BCUT2D eigenvalue weighted by molar-refractivity contribution is 5.56. The van der Waals surface area contributed by atoms with Crippen LogP contribution in [0.1, 0.15) is 24.7 Å². The molecule has 0 atom stereocenters. The van der Waals surface area contributed by atoms with Crippen molar-refractivity contribution in [2.45, 2.75) is 33.7 Å². The van der Waals surface area contributed by atoms with Crippen LogP contribution in [0, 0.1) is 13.8 Å². The summed E-state index contributed by atoms with van der Waals surface area (Å²) in [6, 6.07) is 4.04. The van der Waals surface area contributed by atoms with Crippen molar-refractivity contribution in [2.75, 3.05) is 18.5 Å². The van der Waals surface area contributed by atoms with Gasteiger partial charge in [-0.05, 0) is 39.3 Å². The van der Waals surface area contributed by atoms with E-state index in [1.54, 1.807) is 6.20 Å². The smallest absolute Gasteiger partial charge is 0.207 e. The molecule has 20 heavy (non-hydrogen) atoms. The van der Waals surface area contributed by atoms with E-state index in [2.05, 4.69) is 19.9 Å². The molecule has 0 saturated carbocycles. The maximum atomic E-state index is 5.36. The van der Waals surface area contributed by atoms with Gasteiger partial charge in [0.2, 0.25) is 5.95 Å². The van der Waals surface area contributed by atoms with E-state index >= 15 is 0 Å². The Bertz CT molecular complexity index is 551. The minimum Gasteiger partial charge on any atom is -0.382 e. The molecule has 108 valence electrons. The Morgan fingerprint density at radius 3 is 2.90 bits per heavy atom. The van der Waals surface area contributed by atoms with Crippen LogP contribution in [0.3, 0.4) is 0 Å². The monoisotopic (exact) mass is 274 g/mol. The number of anilines is 2. The van der Waals surface area contributed by atoms with Crippen LogP contribution in [0.15, 0.2) is 24.5 Å². The number of rotatable bonds is 7. The summed E-state index contributed by atoms with van der Waals surface area (Å²) in [6.45, 7) is 8.43. The number of imidazole rings is 1. The molecule has 0 aliphatic carbocycles. The lowest BCUT2D eigenvalue weighted by Crippen LogP contribution is -2.07. The van der Waals surface area contributed by atoms with Gasteiger partial charge in [-0.3, -0.25) is 4.98 Å². The third kappa shape index (κ3) is 3.81. The molecule has 0 amide bonds. The van der Waals surface area contributed by atoms with E-state index in [4.69, 9.17) is 4.74 Å². The van der Waals surface area contributed by atoms with E-state index in [0.717, 1.165) is 49.2 Å². The topological polar surface area (TPSA) is 52.0 Å². The van der Waals surface area contributed by atoms with Crippen molar-refractivity contribution in [3.05, 3.63) is 35.9 Å². The summed E-state index contributed by atoms with van der Waals surface area (Å²) in [4.78, 5) is 8.81. The first-order chi connectivity index (χ1) is 9.70. The first-order valence-electron chi connectivity index (χ1n) is 7.01. The lowest BCUT2D eigenvalue weighted by Gasteiger charge is -2.11. The second-order valence-electron chi connectivity index (χ2n) is 4.71. The Balaban J connectivity index is 2.01. The van der Waals surface area contributed by atoms with Crippen LogP contribution >= 0.6 is 0 Å². The summed E-state index contributed by atoms with van der Waals surface area (Å²) < 4.78 is 7.45. The van der Waals surface area contributed by atoms with Crippen molar-refractivity contribution in [2.24, 2.45) is 0 Å². The molecule has 0 aromatic carbocycles. The van der Waals surface area contributed by atoms with Gasteiger partial charge in [0, 0.05) is 37.8 Å². The maximum Gasteiger partial charge on any atom is 0.207 e. The molecule has 0 radical (unpaired) electrons. The van der Waals surface area contributed by atoms with Gasteiger partial charge in [-0.2, -0.15) is 0 Å². The van der Waals surface area contributed by atoms with Gasteiger partial charge in [-0.25, -0.2) is 4.98 Å². The summed E-state index contributed by atoms with van der Waals surface area (Å²) in [7, 11) is 0. The summed E-state index contributed by atoms with van der Waals surface area (Å²) in [5, 5.41) is 3.34. The van der Waals surface area contributed by atoms with E-state index in [1.807, 2.05) is 39.1 Å². The number of aromatic nitrogens is 3. The zero-order valence-electron chi connectivity index (χ0n) is 12.4. The fourth-order valence-electron chi connectivity index (χ4n) is 2.03. The predicted octanol–water partition coefficient (Wildman–Crippen LogP) is 3.07. The highest BCUT2D eigenvalue weighted by Crippen LogP contribution is 2.18. The quantitative estimate of drug-likeness (QED) is 0.788. The van der Waals surface area contributed by atoms with Gasteiger partial charge in [-0.1, -0.05) is 0 Å². The maximum absolute atomic E-state index is 5.36. The Labute approximate surface area is 120 Å². The highest BCUT2D eigenvalue weighted by atomic mass is 16.5. The first-order valence-corrected chi connectivity index (χ1v) is 7.01. The van der Waals surface area contributed by atoms with Crippen LogP contribution in [-0.2, 0) is 11.3 Å². The fraction of sp³-hybridized carbons (Fsp3) is 0.467. The lowest BCUT2D eigenvalue weighted by molar-refractivity contribution is 0.142. The lowest BCUT2D eigenvalue weighted by atomic mass is 10.3. The second kappa shape index (κ2) is 7.05. The number of pyridine rings is 1. The molecule has 0 spiro atoms. The first kappa shape index (κ1) is 14.5. The molecule has 2 rings (SSSR count). The fourth-order valence-corrected chi connectivity index (χ4v) is 2.03. The normalized spacial score (nSPS) is 10.8. The van der Waals surface area contributed by atoms with E-state index in [0.29, 0.717) is 0 Å². The largest absolute Gasteiger partial charge is 0.382 e. The number of nitrogens with zero attached hydrogens (tertiary/aromatic N) is 3. The molecule has 0 fully saturated rings. The van der Waals surface area contributed by atoms with Crippen molar-refractivity contribution in [3.8, 4) is 0 Å². The second-order valence-corrected chi connectivity index (χ2v) is 4.71. The van der Waals surface area contributed by atoms with Gasteiger partial charge in [0.1, 0.15) is 0 Å². The summed E-state index contributed by atoms with van der Waals surface area (Å²) >= 11 is 0. The van der Waals surface area contributed by atoms with Crippen LogP contribution in [0.2, 0.25) is 0 Å². The average Bonchev–Trinajstić information content (AvgIpc) is 2.85. The zero-order chi connectivity index (χ0) is 14.4. The number of hydrogen-bond donors (Lipinski definition) is 1. The standard InChI is InChI=1S/C15H22N4O/c1-4-20-11-5-9-19-10-8-16-15(19)18-14-7-6-12(2)17-13(14)3/h6-8,10H,4-5,9,11H2,1-3H3,(H,16,18). The molecular weight excluding hydrogens is 252 g/mol. The molecule has 2 heterocycles. The summed E-state index contributed by atoms with van der Waals surface area (Å²) in [6.07, 6.45) is 4.76. The van der Waals surface area contributed by atoms with Crippen molar-refractivity contribution >= 4 is 11.6 Å². The third-order valence-corrected chi connectivity index (χ3v) is 3.08. The number of nitrogens with one attached hydrogen (secondary N) is 1. The minimum atomic E-state index is 0.767.